The van der Waals surface area contributed by atoms with Gasteiger partial charge in [-0.1, -0.05) is 0 Å². The van der Waals surface area contributed by atoms with E-state index < -0.39 is 33.3 Å². The fraction of sp³-hybridized carbons (Fsp3) is 0.333. The molecule has 0 aliphatic carbocycles. The van der Waals surface area contributed by atoms with Gasteiger partial charge in [-0.15, -0.1) is 11.3 Å². The second-order valence-corrected chi connectivity index (χ2v) is 9.11. The Morgan fingerprint density at radius 1 is 1.19 bits per heavy atom. The number of rotatable bonds is 7. The zero-order valence-corrected chi connectivity index (χ0v) is 16.8. The predicted molar refractivity (Wildman–Crippen MR) is 101 cm³/mol. The van der Waals surface area contributed by atoms with Gasteiger partial charge in [-0.05, 0) is 50.6 Å². The maximum Gasteiger partial charge on any atom is 0.341 e. The summed E-state index contributed by atoms with van der Waals surface area (Å²) in [5, 5.41) is 2.94. The molecule has 1 amide bonds. The van der Waals surface area contributed by atoms with Crippen LogP contribution in [0.15, 0.2) is 29.2 Å². The van der Waals surface area contributed by atoms with Crippen LogP contribution in [0.5, 0.6) is 0 Å². The van der Waals surface area contributed by atoms with Crippen LogP contribution in [0.2, 0.25) is 0 Å². The maximum absolute atomic E-state index is 12.9. The molecule has 0 saturated heterocycles. The minimum absolute atomic E-state index is 0.0493. The number of hydrogen-bond acceptors (Lipinski definition) is 6. The van der Waals surface area contributed by atoms with E-state index in [2.05, 4.69) is 5.32 Å². The predicted octanol–water partition coefficient (Wildman–Crippen LogP) is 3.48. The lowest BCUT2D eigenvalue weighted by Crippen LogP contribution is -2.18. The van der Waals surface area contributed by atoms with Crippen molar-refractivity contribution in [3.8, 4) is 0 Å². The van der Waals surface area contributed by atoms with Crippen molar-refractivity contribution in [2.24, 2.45) is 0 Å². The number of carbonyl (C=O) groups excluding carboxylic acids is 2. The molecule has 0 fully saturated rings. The van der Waals surface area contributed by atoms with Gasteiger partial charge in [-0.2, -0.15) is 0 Å². The molecule has 0 aliphatic rings. The average molecular weight is 413 g/mol. The molecule has 9 heteroatoms. The Morgan fingerprint density at radius 2 is 1.81 bits per heavy atom. The van der Waals surface area contributed by atoms with Crippen LogP contribution in [0.4, 0.5) is 9.39 Å². The standard InChI is InChI=1S/C18H20FNO5S2/c1-4-25-18(22)16-11(2)12(3)26-17(16)20-15(21)9-10-27(23,24)14-7-5-13(19)6-8-14/h5-8H,4,9-10H2,1-3H3,(H,20,21). The van der Waals surface area contributed by atoms with E-state index in [1.807, 2.05) is 6.92 Å². The number of sulfone groups is 1. The molecule has 146 valence electrons. The number of aryl methyl sites for hydroxylation is 1. The summed E-state index contributed by atoms with van der Waals surface area (Å²) in [6.45, 7) is 5.46. The molecule has 6 nitrogen and oxygen atoms in total. The molecule has 1 aromatic carbocycles. The summed E-state index contributed by atoms with van der Waals surface area (Å²) in [7, 11) is -3.72. The number of halogens is 1. The van der Waals surface area contributed by atoms with E-state index in [-0.39, 0.29) is 23.5 Å². The van der Waals surface area contributed by atoms with Gasteiger partial charge in [0.1, 0.15) is 10.8 Å². The van der Waals surface area contributed by atoms with Crippen LogP contribution in [0.3, 0.4) is 0 Å². The first-order chi connectivity index (χ1) is 12.7. The van der Waals surface area contributed by atoms with Crippen molar-refractivity contribution >= 4 is 38.1 Å². The Labute approximate surface area is 161 Å². The summed E-state index contributed by atoms with van der Waals surface area (Å²) in [5.74, 6) is -2.04. The highest BCUT2D eigenvalue weighted by Gasteiger charge is 2.23. The summed E-state index contributed by atoms with van der Waals surface area (Å²) in [5.41, 5.74) is 1.00. The van der Waals surface area contributed by atoms with Crippen molar-refractivity contribution in [3.05, 3.63) is 46.1 Å². The number of ether oxygens (including phenoxy) is 1. The third kappa shape index (κ3) is 5.14. The fourth-order valence-electron chi connectivity index (χ4n) is 2.34. The number of hydrogen-bond donors (Lipinski definition) is 1. The van der Waals surface area contributed by atoms with Gasteiger partial charge in [-0.3, -0.25) is 4.79 Å². The molecule has 0 saturated carbocycles. The van der Waals surface area contributed by atoms with Gasteiger partial charge >= 0.3 is 5.97 Å². The Kier molecular flexibility index (Phi) is 6.72. The molecule has 2 rings (SSSR count). The number of nitrogens with one attached hydrogen (secondary N) is 1. The highest BCUT2D eigenvalue weighted by molar-refractivity contribution is 7.91. The number of benzene rings is 1. The number of thiophene rings is 1. The lowest BCUT2D eigenvalue weighted by molar-refractivity contribution is -0.115. The normalized spacial score (nSPS) is 11.3. The summed E-state index contributed by atoms with van der Waals surface area (Å²) in [6, 6.07) is 4.42. The molecule has 1 heterocycles. The molecule has 0 radical (unpaired) electrons. The lowest BCUT2D eigenvalue weighted by atomic mass is 10.1. The third-order valence-corrected chi connectivity index (χ3v) is 6.74. The van der Waals surface area contributed by atoms with E-state index in [1.54, 1.807) is 13.8 Å². The average Bonchev–Trinajstić information content (AvgIpc) is 2.87. The molecule has 0 aliphatic heterocycles. The van der Waals surface area contributed by atoms with Gasteiger partial charge in [0.05, 0.1) is 22.8 Å². The minimum Gasteiger partial charge on any atom is -0.462 e. The first-order valence-electron chi connectivity index (χ1n) is 8.21. The summed E-state index contributed by atoms with van der Waals surface area (Å²) >= 11 is 1.23. The minimum atomic E-state index is -3.72. The van der Waals surface area contributed by atoms with Crippen molar-refractivity contribution in [2.45, 2.75) is 32.1 Å². The SMILES string of the molecule is CCOC(=O)c1c(NC(=O)CCS(=O)(=O)c2ccc(F)cc2)sc(C)c1C. The van der Waals surface area contributed by atoms with Gasteiger partial charge < -0.3 is 10.1 Å². The molecule has 1 aromatic heterocycles. The van der Waals surface area contributed by atoms with Crippen molar-refractivity contribution < 1.29 is 27.1 Å². The summed E-state index contributed by atoms with van der Waals surface area (Å²) in [4.78, 5) is 25.1. The zero-order valence-electron chi connectivity index (χ0n) is 15.2. The van der Waals surface area contributed by atoms with Gasteiger partial charge in [0.15, 0.2) is 9.84 Å². The van der Waals surface area contributed by atoms with E-state index in [1.165, 1.54) is 11.3 Å². The van der Waals surface area contributed by atoms with Crippen molar-refractivity contribution in [1.82, 2.24) is 0 Å². The number of carbonyl (C=O) groups is 2. The molecule has 0 bridgehead atoms. The molecule has 0 unspecified atom stereocenters. The highest BCUT2D eigenvalue weighted by atomic mass is 32.2. The topological polar surface area (TPSA) is 89.5 Å². The molecule has 1 N–H and O–H groups in total. The van der Waals surface area contributed by atoms with Crippen LogP contribution in [0, 0.1) is 19.7 Å². The summed E-state index contributed by atoms with van der Waals surface area (Å²) < 4.78 is 42.4. The smallest absolute Gasteiger partial charge is 0.341 e. The van der Waals surface area contributed by atoms with E-state index in [0.717, 1.165) is 29.1 Å². The zero-order chi connectivity index (χ0) is 20.2. The Bertz CT molecular complexity index is 949. The van der Waals surface area contributed by atoms with Crippen LogP contribution >= 0.6 is 11.3 Å². The van der Waals surface area contributed by atoms with Crippen LogP contribution in [0.1, 0.15) is 34.1 Å². The van der Waals surface area contributed by atoms with E-state index in [0.29, 0.717) is 10.6 Å². The monoisotopic (exact) mass is 413 g/mol. The van der Waals surface area contributed by atoms with Crippen LogP contribution in [0.25, 0.3) is 0 Å². The molecule has 0 spiro atoms. The fourth-order valence-corrected chi connectivity index (χ4v) is 4.65. The van der Waals surface area contributed by atoms with Crippen LogP contribution in [-0.2, 0) is 19.4 Å². The first kappa shape index (κ1) is 21.0. The van der Waals surface area contributed by atoms with Crippen LogP contribution < -0.4 is 5.32 Å². The molecular formula is C18H20FNO5S2. The van der Waals surface area contributed by atoms with E-state index >= 15 is 0 Å². The Morgan fingerprint density at radius 3 is 2.41 bits per heavy atom. The second-order valence-electron chi connectivity index (χ2n) is 5.78. The molecule has 0 atom stereocenters. The van der Waals surface area contributed by atoms with E-state index in [4.69, 9.17) is 4.74 Å². The number of amides is 1. The second kappa shape index (κ2) is 8.62. The van der Waals surface area contributed by atoms with Crippen molar-refractivity contribution in [3.63, 3.8) is 0 Å². The molecule has 27 heavy (non-hydrogen) atoms. The third-order valence-electron chi connectivity index (χ3n) is 3.89. The van der Waals surface area contributed by atoms with Gasteiger partial charge in [0.25, 0.3) is 0 Å². The Hall–Kier alpha value is -2.26. The number of esters is 1. The maximum atomic E-state index is 12.9. The van der Waals surface area contributed by atoms with Gasteiger partial charge in [0.2, 0.25) is 5.91 Å². The molecule has 2 aromatic rings. The van der Waals surface area contributed by atoms with E-state index in [9.17, 15) is 22.4 Å². The highest BCUT2D eigenvalue weighted by Crippen LogP contribution is 2.33. The van der Waals surface area contributed by atoms with Crippen molar-refractivity contribution in [2.75, 3.05) is 17.7 Å². The summed E-state index contributed by atoms with van der Waals surface area (Å²) in [6.07, 6.45) is -0.294. The Balaban J connectivity index is 2.09. The van der Waals surface area contributed by atoms with Gasteiger partial charge in [-0.25, -0.2) is 17.6 Å². The largest absolute Gasteiger partial charge is 0.462 e. The molecular weight excluding hydrogens is 393 g/mol. The van der Waals surface area contributed by atoms with Crippen LogP contribution in [-0.4, -0.2) is 32.7 Å². The first-order valence-corrected chi connectivity index (χ1v) is 10.7. The lowest BCUT2D eigenvalue weighted by Gasteiger charge is -2.08. The van der Waals surface area contributed by atoms with Gasteiger partial charge in [0, 0.05) is 11.3 Å². The quantitative estimate of drug-likeness (QED) is 0.554. The van der Waals surface area contributed by atoms with Crippen molar-refractivity contribution in [1.29, 1.82) is 0 Å². The number of anilines is 1.